The van der Waals surface area contributed by atoms with E-state index in [0.717, 1.165) is 43.7 Å². The van der Waals surface area contributed by atoms with Crippen molar-refractivity contribution in [1.82, 2.24) is 9.62 Å². The van der Waals surface area contributed by atoms with Crippen LogP contribution in [0.5, 0.6) is 5.75 Å². The summed E-state index contributed by atoms with van der Waals surface area (Å²) >= 11 is 0. The predicted molar refractivity (Wildman–Crippen MR) is 120 cm³/mol. The minimum atomic E-state index is -3.85. The van der Waals surface area contributed by atoms with E-state index in [-0.39, 0.29) is 17.5 Å². The first-order valence-corrected chi connectivity index (χ1v) is 11.9. The molecule has 1 unspecified atom stereocenters. The van der Waals surface area contributed by atoms with E-state index in [1.54, 1.807) is 19.4 Å². The number of methoxy groups -OCH3 is 1. The van der Waals surface area contributed by atoms with E-state index in [4.69, 9.17) is 9.15 Å². The summed E-state index contributed by atoms with van der Waals surface area (Å²) in [5, 5.41) is 0. The van der Waals surface area contributed by atoms with Crippen molar-refractivity contribution in [1.29, 1.82) is 0 Å². The fraction of sp³-hybridized carbons (Fsp3) is 0.304. The van der Waals surface area contributed by atoms with Gasteiger partial charge in [-0.1, -0.05) is 6.07 Å². The van der Waals surface area contributed by atoms with E-state index in [1.165, 1.54) is 18.2 Å². The Kier molecular flexibility index (Phi) is 6.78. The second-order valence-electron chi connectivity index (χ2n) is 7.56. The lowest BCUT2D eigenvalue weighted by molar-refractivity contribution is 0.166. The second kappa shape index (κ2) is 9.72. The Bertz CT molecular complexity index is 1110. The van der Waals surface area contributed by atoms with Gasteiger partial charge in [-0.15, -0.1) is 0 Å². The van der Waals surface area contributed by atoms with Gasteiger partial charge >= 0.3 is 0 Å². The third kappa shape index (κ3) is 5.12. The number of rotatable bonds is 8. The summed E-state index contributed by atoms with van der Waals surface area (Å²) in [4.78, 5) is 4.39. The van der Waals surface area contributed by atoms with Crippen LogP contribution in [0.1, 0.15) is 11.8 Å². The van der Waals surface area contributed by atoms with Crippen molar-refractivity contribution in [2.75, 3.05) is 44.7 Å². The van der Waals surface area contributed by atoms with Gasteiger partial charge in [0.1, 0.15) is 17.3 Å². The van der Waals surface area contributed by atoms with Crippen LogP contribution in [0.25, 0.3) is 0 Å². The molecule has 2 aromatic carbocycles. The van der Waals surface area contributed by atoms with E-state index in [2.05, 4.69) is 14.5 Å². The van der Waals surface area contributed by atoms with E-state index in [9.17, 15) is 12.8 Å². The molecule has 0 bridgehead atoms. The van der Waals surface area contributed by atoms with Gasteiger partial charge in [-0.2, -0.15) is 0 Å². The van der Waals surface area contributed by atoms with Crippen molar-refractivity contribution >= 4 is 15.7 Å². The molecule has 1 aliphatic heterocycles. The molecule has 170 valence electrons. The number of halogens is 1. The number of furan rings is 1. The van der Waals surface area contributed by atoms with Gasteiger partial charge in [0.15, 0.2) is 0 Å². The van der Waals surface area contributed by atoms with Crippen molar-refractivity contribution in [3.05, 3.63) is 78.5 Å². The molecule has 9 heteroatoms. The summed E-state index contributed by atoms with van der Waals surface area (Å²) in [7, 11) is -2.20. The third-order valence-corrected chi connectivity index (χ3v) is 7.06. The average molecular weight is 460 g/mol. The molecule has 2 heterocycles. The molecule has 1 aromatic heterocycles. The zero-order valence-electron chi connectivity index (χ0n) is 17.8. The van der Waals surface area contributed by atoms with Crippen LogP contribution in [0.3, 0.4) is 0 Å². The number of ether oxygens (including phenoxy) is 1. The maximum atomic E-state index is 13.5. The largest absolute Gasteiger partial charge is 0.497 e. The summed E-state index contributed by atoms with van der Waals surface area (Å²) in [5.41, 5.74) is 1.12. The Labute approximate surface area is 187 Å². The smallest absolute Gasteiger partial charge is 0.240 e. The molecule has 1 N–H and O–H groups in total. The fourth-order valence-electron chi connectivity index (χ4n) is 3.88. The number of hydrogen-bond donors (Lipinski definition) is 1. The van der Waals surface area contributed by atoms with E-state index >= 15 is 0 Å². The van der Waals surface area contributed by atoms with Gasteiger partial charge in [-0.3, -0.25) is 4.90 Å². The first-order valence-electron chi connectivity index (χ1n) is 10.4. The molecule has 0 radical (unpaired) electrons. The zero-order valence-corrected chi connectivity index (χ0v) is 18.6. The molecule has 3 aromatic rings. The summed E-state index contributed by atoms with van der Waals surface area (Å²) in [5.74, 6) is 0.908. The molecule has 1 aliphatic rings. The number of nitrogens with zero attached hydrogens (tertiary/aromatic N) is 2. The Morgan fingerprint density at radius 2 is 1.81 bits per heavy atom. The average Bonchev–Trinajstić information content (AvgIpc) is 3.34. The zero-order chi connectivity index (χ0) is 22.6. The Hall–Kier alpha value is -2.88. The Balaban J connectivity index is 1.44. The van der Waals surface area contributed by atoms with Crippen LogP contribution in [0.15, 0.2) is 76.2 Å². The monoisotopic (exact) mass is 459 g/mol. The summed E-state index contributed by atoms with van der Waals surface area (Å²) in [6.45, 7) is 3.17. The quantitative estimate of drug-likeness (QED) is 0.557. The van der Waals surface area contributed by atoms with Crippen LogP contribution < -0.4 is 14.4 Å². The highest BCUT2D eigenvalue weighted by Crippen LogP contribution is 2.26. The number of nitrogens with one attached hydrogen (secondary N) is 1. The van der Waals surface area contributed by atoms with Crippen molar-refractivity contribution in [3.63, 3.8) is 0 Å². The van der Waals surface area contributed by atoms with E-state index < -0.39 is 15.8 Å². The molecule has 1 fully saturated rings. The van der Waals surface area contributed by atoms with Crippen molar-refractivity contribution in [2.45, 2.75) is 10.9 Å². The lowest BCUT2D eigenvalue weighted by atomic mass is 10.1. The number of anilines is 1. The van der Waals surface area contributed by atoms with E-state index in [0.29, 0.717) is 5.76 Å². The normalized spacial score (nSPS) is 16.1. The molecule has 7 nitrogen and oxygen atoms in total. The topological polar surface area (TPSA) is 75.0 Å². The van der Waals surface area contributed by atoms with Crippen LogP contribution in [0.4, 0.5) is 10.1 Å². The maximum absolute atomic E-state index is 13.5. The van der Waals surface area contributed by atoms with Crippen LogP contribution in [0, 0.1) is 5.82 Å². The lowest BCUT2D eigenvalue weighted by Crippen LogP contribution is -2.49. The van der Waals surface area contributed by atoms with Gasteiger partial charge in [0.05, 0.1) is 24.3 Å². The molecule has 0 aliphatic carbocycles. The van der Waals surface area contributed by atoms with Crippen molar-refractivity contribution in [3.8, 4) is 5.75 Å². The molecular weight excluding hydrogens is 433 g/mol. The fourth-order valence-corrected chi connectivity index (χ4v) is 4.95. The molecule has 0 spiro atoms. The van der Waals surface area contributed by atoms with Crippen LogP contribution >= 0.6 is 0 Å². The molecule has 1 atom stereocenters. The van der Waals surface area contributed by atoms with Crippen molar-refractivity contribution < 1.29 is 22.0 Å². The third-order valence-electron chi connectivity index (χ3n) is 5.64. The summed E-state index contributed by atoms with van der Waals surface area (Å²) in [6, 6.07) is 16.3. The van der Waals surface area contributed by atoms with Gasteiger partial charge < -0.3 is 14.1 Å². The predicted octanol–water partition coefficient (Wildman–Crippen LogP) is 3.27. The van der Waals surface area contributed by atoms with Gasteiger partial charge in [-0.05, 0) is 54.6 Å². The maximum Gasteiger partial charge on any atom is 0.240 e. The number of piperazine rings is 1. The highest BCUT2D eigenvalue weighted by atomic mass is 32.2. The standard InChI is InChI=1S/C23H26FN3O4S/c1-30-20-9-7-19(8-10-20)26-11-13-27(14-12-26)22(23-6-3-15-31-23)17-25-32(28,29)21-5-2-4-18(24)16-21/h2-10,15-16,22,25H,11-14,17H2,1H3. The number of sulfonamides is 1. The summed E-state index contributed by atoms with van der Waals surface area (Å²) in [6.07, 6.45) is 1.58. The lowest BCUT2D eigenvalue weighted by Gasteiger charge is -2.39. The molecule has 1 saturated heterocycles. The van der Waals surface area contributed by atoms with Gasteiger partial charge in [0, 0.05) is 38.4 Å². The highest BCUT2D eigenvalue weighted by Gasteiger charge is 2.28. The number of benzene rings is 2. The van der Waals surface area contributed by atoms with Crippen LogP contribution in [0.2, 0.25) is 0 Å². The highest BCUT2D eigenvalue weighted by molar-refractivity contribution is 7.89. The van der Waals surface area contributed by atoms with Crippen molar-refractivity contribution in [2.24, 2.45) is 0 Å². The van der Waals surface area contributed by atoms with E-state index in [1.807, 2.05) is 30.3 Å². The van der Waals surface area contributed by atoms with Gasteiger partial charge in [0.2, 0.25) is 10.0 Å². The Morgan fingerprint density at radius 1 is 1.06 bits per heavy atom. The molecule has 0 saturated carbocycles. The first kappa shape index (κ1) is 22.3. The number of hydrogen-bond acceptors (Lipinski definition) is 6. The Morgan fingerprint density at radius 3 is 2.44 bits per heavy atom. The van der Waals surface area contributed by atoms with Crippen LogP contribution in [-0.2, 0) is 10.0 Å². The summed E-state index contributed by atoms with van der Waals surface area (Å²) < 4.78 is 52.3. The minimum Gasteiger partial charge on any atom is -0.497 e. The second-order valence-corrected chi connectivity index (χ2v) is 9.33. The minimum absolute atomic E-state index is 0.0972. The van der Waals surface area contributed by atoms with Crippen LogP contribution in [-0.4, -0.2) is 53.2 Å². The molecule has 4 rings (SSSR count). The molecular formula is C23H26FN3O4S. The van der Waals surface area contributed by atoms with Gasteiger partial charge in [-0.25, -0.2) is 17.5 Å². The SMILES string of the molecule is COc1ccc(N2CCN(C(CNS(=O)(=O)c3cccc(F)c3)c3ccco3)CC2)cc1. The molecule has 0 amide bonds. The van der Waals surface area contributed by atoms with Gasteiger partial charge in [0.25, 0.3) is 0 Å². The molecule has 32 heavy (non-hydrogen) atoms. The first-order chi connectivity index (χ1) is 15.5.